The van der Waals surface area contributed by atoms with Gasteiger partial charge < -0.3 is 10.1 Å². The molecule has 0 aliphatic carbocycles. The first-order valence-electron chi connectivity index (χ1n) is 6.63. The molecule has 2 rings (SSSR count). The van der Waals surface area contributed by atoms with E-state index in [1.807, 2.05) is 0 Å². The van der Waals surface area contributed by atoms with Crippen molar-refractivity contribution in [2.45, 2.75) is 18.9 Å². The highest BCUT2D eigenvalue weighted by Crippen LogP contribution is 2.18. The SMILES string of the molecule is COC(=O)c1cccnc1NC1CCN(CC#N)CC1. The van der Waals surface area contributed by atoms with Crippen LogP contribution in [0.5, 0.6) is 0 Å². The van der Waals surface area contributed by atoms with Gasteiger partial charge in [-0.1, -0.05) is 0 Å². The van der Waals surface area contributed by atoms with Crippen molar-refractivity contribution in [2.75, 3.05) is 32.1 Å². The maximum Gasteiger partial charge on any atom is 0.341 e. The van der Waals surface area contributed by atoms with Crippen LogP contribution >= 0.6 is 0 Å². The van der Waals surface area contributed by atoms with E-state index in [2.05, 4.69) is 21.3 Å². The van der Waals surface area contributed by atoms with Gasteiger partial charge in [-0.3, -0.25) is 4.90 Å². The molecule has 20 heavy (non-hydrogen) atoms. The summed E-state index contributed by atoms with van der Waals surface area (Å²) < 4.78 is 4.75. The van der Waals surface area contributed by atoms with Crippen LogP contribution in [0.4, 0.5) is 5.82 Å². The number of anilines is 1. The van der Waals surface area contributed by atoms with Gasteiger partial charge in [0.1, 0.15) is 11.4 Å². The minimum Gasteiger partial charge on any atom is -0.465 e. The molecule has 1 saturated heterocycles. The van der Waals surface area contributed by atoms with E-state index in [-0.39, 0.29) is 12.0 Å². The van der Waals surface area contributed by atoms with Crippen LogP contribution in [0.15, 0.2) is 18.3 Å². The number of pyridine rings is 1. The number of nitrogens with one attached hydrogen (secondary N) is 1. The van der Waals surface area contributed by atoms with Gasteiger partial charge in [0, 0.05) is 25.3 Å². The number of likely N-dealkylation sites (tertiary alicyclic amines) is 1. The van der Waals surface area contributed by atoms with Gasteiger partial charge >= 0.3 is 5.97 Å². The van der Waals surface area contributed by atoms with Crippen molar-refractivity contribution in [1.82, 2.24) is 9.88 Å². The highest BCUT2D eigenvalue weighted by atomic mass is 16.5. The van der Waals surface area contributed by atoms with Crippen molar-refractivity contribution < 1.29 is 9.53 Å². The lowest BCUT2D eigenvalue weighted by Gasteiger charge is -2.31. The molecule has 0 unspecified atom stereocenters. The van der Waals surface area contributed by atoms with E-state index in [0.717, 1.165) is 25.9 Å². The van der Waals surface area contributed by atoms with E-state index in [4.69, 9.17) is 10.00 Å². The number of carbonyl (C=O) groups excluding carboxylic acids is 1. The summed E-state index contributed by atoms with van der Waals surface area (Å²) in [6, 6.07) is 5.85. The van der Waals surface area contributed by atoms with Gasteiger partial charge in [0.25, 0.3) is 0 Å². The van der Waals surface area contributed by atoms with Crippen molar-refractivity contribution in [3.05, 3.63) is 23.9 Å². The quantitative estimate of drug-likeness (QED) is 0.658. The third-order valence-electron chi connectivity index (χ3n) is 3.44. The Labute approximate surface area is 118 Å². The lowest BCUT2D eigenvalue weighted by molar-refractivity contribution is 0.0601. The van der Waals surface area contributed by atoms with Crippen molar-refractivity contribution >= 4 is 11.8 Å². The average molecular weight is 274 g/mol. The number of hydrogen-bond acceptors (Lipinski definition) is 6. The zero-order chi connectivity index (χ0) is 14.4. The largest absolute Gasteiger partial charge is 0.465 e. The summed E-state index contributed by atoms with van der Waals surface area (Å²) in [5.74, 6) is 0.181. The number of nitriles is 1. The lowest BCUT2D eigenvalue weighted by atomic mass is 10.0. The highest BCUT2D eigenvalue weighted by Gasteiger charge is 2.21. The van der Waals surface area contributed by atoms with Crippen LogP contribution < -0.4 is 5.32 Å². The molecular weight excluding hydrogens is 256 g/mol. The van der Waals surface area contributed by atoms with Crippen LogP contribution in [0.3, 0.4) is 0 Å². The van der Waals surface area contributed by atoms with Crippen molar-refractivity contribution in [2.24, 2.45) is 0 Å². The van der Waals surface area contributed by atoms with Crippen molar-refractivity contribution in [1.29, 1.82) is 5.26 Å². The van der Waals surface area contributed by atoms with Crippen LogP contribution in [0.25, 0.3) is 0 Å². The molecule has 0 atom stereocenters. The summed E-state index contributed by atoms with van der Waals surface area (Å²) in [6.07, 6.45) is 3.51. The zero-order valence-electron chi connectivity index (χ0n) is 11.5. The molecule has 6 heteroatoms. The molecule has 106 valence electrons. The molecule has 1 fully saturated rings. The number of rotatable bonds is 4. The third-order valence-corrected chi connectivity index (χ3v) is 3.44. The van der Waals surface area contributed by atoms with E-state index in [0.29, 0.717) is 17.9 Å². The molecular formula is C14H18N4O2. The van der Waals surface area contributed by atoms with Crippen molar-refractivity contribution in [3.8, 4) is 6.07 Å². The molecule has 0 radical (unpaired) electrons. The summed E-state index contributed by atoms with van der Waals surface area (Å²) in [5.41, 5.74) is 0.453. The van der Waals surface area contributed by atoms with E-state index < -0.39 is 0 Å². The summed E-state index contributed by atoms with van der Waals surface area (Å²) >= 11 is 0. The molecule has 6 nitrogen and oxygen atoms in total. The second-order valence-electron chi connectivity index (χ2n) is 4.74. The molecule has 1 aromatic rings. The summed E-state index contributed by atoms with van der Waals surface area (Å²) in [6.45, 7) is 2.24. The first-order valence-corrected chi connectivity index (χ1v) is 6.63. The minimum atomic E-state index is -0.387. The highest BCUT2D eigenvalue weighted by molar-refractivity contribution is 5.94. The first kappa shape index (κ1) is 14.3. The smallest absolute Gasteiger partial charge is 0.341 e. The molecule has 0 bridgehead atoms. The molecule has 1 aliphatic heterocycles. The Morgan fingerprint density at radius 2 is 2.35 bits per heavy atom. The lowest BCUT2D eigenvalue weighted by Crippen LogP contribution is -2.39. The number of methoxy groups -OCH3 is 1. The topological polar surface area (TPSA) is 78.2 Å². The molecule has 2 heterocycles. The Hall–Kier alpha value is -2.13. The van der Waals surface area contributed by atoms with Crippen LogP contribution in [0.2, 0.25) is 0 Å². The minimum absolute atomic E-state index is 0.267. The van der Waals surface area contributed by atoms with Gasteiger partial charge in [-0.05, 0) is 25.0 Å². The molecule has 0 amide bonds. The fourth-order valence-corrected chi connectivity index (χ4v) is 2.32. The summed E-state index contributed by atoms with van der Waals surface area (Å²) in [5, 5.41) is 12.0. The normalized spacial score (nSPS) is 16.4. The Morgan fingerprint density at radius 3 is 3.00 bits per heavy atom. The maximum absolute atomic E-state index is 11.7. The first-order chi connectivity index (χ1) is 9.74. The molecule has 1 N–H and O–H groups in total. The predicted molar refractivity (Wildman–Crippen MR) is 74.3 cm³/mol. The number of ether oxygens (including phenoxy) is 1. The Balaban J connectivity index is 1.98. The van der Waals surface area contributed by atoms with Gasteiger partial charge in [-0.2, -0.15) is 5.26 Å². The fraction of sp³-hybridized carbons (Fsp3) is 0.500. The third kappa shape index (κ3) is 3.45. The number of piperidine rings is 1. The molecule has 0 aromatic carbocycles. The van der Waals surface area contributed by atoms with Gasteiger partial charge in [0.15, 0.2) is 0 Å². The Kier molecular flexibility index (Phi) is 4.91. The van der Waals surface area contributed by atoms with Gasteiger partial charge in [-0.25, -0.2) is 9.78 Å². The number of esters is 1. The number of hydrogen-bond donors (Lipinski definition) is 1. The van der Waals surface area contributed by atoms with Crippen LogP contribution in [0.1, 0.15) is 23.2 Å². The summed E-state index contributed by atoms with van der Waals surface area (Å²) in [7, 11) is 1.36. The van der Waals surface area contributed by atoms with E-state index >= 15 is 0 Å². The van der Waals surface area contributed by atoms with Crippen molar-refractivity contribution in [3.63, 3.8) is 0 Å². The second-order valence-corrected chi connectivity index (χ2v) is 4.74. The monoisotopic (exact) mass is 274 g/mol. The Morgan fingerprint density at radius 1 is 1.60 bits per heavy atom. The van der Waals surface area contributed by atoms with Crippen LogP contribution in [0, 0.1) is 11.3 Å². The standard InChI is InChI=1S/C14H18N4O2/c1-20-14(19)12-3-2-7-16-13(12)17-11-4-8-18(9-5-11)10-6-15/h2-3,7,11H,4-5,8-10H2,1H3,(H,16,17). The maximum atomic E-state index is 11.7. The molecule has 1 aromatic heterocycles. The van der Waals surface area contributed by atoms with Crippen LogP contribution in [-0.4, -0.2) is 48.6 Å². The Bertz CT molecular complexity index is 504. The average Bonchev–Trinajstić information content (AvgIpc) is 2.49. The van der Waals surface area contributed by atoms with E-state index in [1.165, 1.54) is 7.11 Å². The number of nitrogens with zero attached hydrogens (tertiary/aromatic N) is 3. The summed E-state index contributed by atoms with van der Waals surface area (Å²) in [4.78, 5) is 18.0. The van der Waals surface area contributed by atoms with Gasteiger partial charge in [0.05, 0.1) is 19.7 Å². The fourth-order valence-electron chi connectivity index (χ4n) is 2.32. The van der Waals surface area contributed by atoms with Gasteiger partial charge in [0.2, 0.25) is 0 Å². The van der Waals surface area contributed by atoms with Crippen LogP contribution in [-0.2, 0) is 4.74 Å². The van der Waals surface area contributed by atoms with E-state index in [9.17, 15) is 4.79 Å². The zero-order valence-corrected chi connectivity index (χ0v) is 11.5. The molecule has 0 spiro atoms. The molecule has 0 saturated carbocycles. The molecule has 1 aliphatic rings. The second kappa shape index (κ2) is 6.87. The predicted octanol–water partition coefficient (Wildman–Crippen LogP) is 1.27. The van der Waals surface area contributed by atoms with E-state index in [1.54, 1.807) is 18.3 Å². The number of aromatic nitrogens is 1. The van der Waals surface area contributed by atoms with Gasteiger partial charge in [-0.15, -0.1) is 0 Å². The number of carbonyl (C=O) groups is 1.